The number of nitrogens with zero attached hydrogens (tertiary/aromatic N) is 4. The van der Waals surface area contributed by atoms with Crippen LogP contribution in [0.2, 0.25) is 0 Å². The molecule has 0 radical (unpaired) electrons. The van der Waals surface area contributed by atoms with E-state index < -0.39 is 10.0 Å². The van der Waals surface area contributed by atoms with Crippen molar-refractivity contribution in [1.29, 1.82) is 0 Å². The zero-order valence-electron chi connectivity index (χ0n) is 20.6. The van der Waals surface area contributed by atoms with Crippen LogP contribution in [0.1, 0.15) is 31.3 Å². The molecule has 35 heavy (non-hydrogen) atoms. The molecule has 0 unspecified atom stereocenters. The number of benzene rings is 2. The summed E-state index contributed by atoms with van der Waals surface area (Å²) in [5.41, 5.74) is 2.30. The van der Waals surface area contributed by atoms with Crippen LogP contribution in [0.4, 0.5) is 11.4 Å². The van der Waals surface area contributed by atoms with E-state index in [4.69, 9.17) is 0 Å². The molecule has 0 saturated carbocycles. The Labute approximate surface area is 207 Å². The second-order valence-electron chi connectivity index (χ2n) is 8.53. The van der Waals surface area contributed by atoms with E-state index in [0.717, 1.165) is 49.3 Å². The van der Waals surface area contributed by atoms with Crippen LogP contribution in [0.3, 0.4) is 0 Å². The van der Waals surface area contributed by atoms with Gasteiger partial charge in [-0.1, -0.05) is 45.0 Å². The number of nitrogens with one attached hydrogen (secondary N) is 1. The first-order valence-electron chi connectivity index (χ1n) is 12.2. The second-order valence-corrected chi connectivity index (χ2v) is 10.5. The van der Waals surface area contributed by atoms with Crippen molar-refractivity contribution in [2.24, 2.45) is 0 Å². The van der Waals surface area contributed by atoms with Gasteiger partial charge in [-0.3, -0.25) is 4.79 Å². The molecule has 3 aromatic rings. The van der Waals surface area contributed by atoms with Crippen LogP contribution in [-0.4, -0.2) is 74.3 Å². The summed E-state index contributed by atoms with van der Waals surface area (Å²) >= 11 is 0. The third kappa shape index (κ3) is 5.32. The Kier molecular flexibility index (Phi) is 7.69. The number of pyridine rings is 1. The number of rotatable bonds is 8. The molecule has 1 aliphatic heterocycles. The number of carbonyl (C=O) groups is 1. The fourth-order valence-electron chi connectivity index (χ4n) is 4.45. The molecule has 1 aliphatic rings. The number of piperazine rings is 1. The molecule has 1 amide bonds. The fraction of sp³-hybridized carbons (Fsp3) is 0.385. The quantitative estimate of drug-likeness (QED) is 0.513. The molecule has 1 aromatic heterocycles. The lowest BCUT2D eigenvalue weighted by Gasteiger charge is -2.36. The van der Waals surface area contributed by atoms with Crippen molar-refractivity contribution in [3.63, 3.8) is 0 Å². The summed E-state index contributed by atoms with van der Waals surface area (Å²) < 4.78 is 27.8. The van der Waals surface area contributed by atoms with E-state index >= 15 is 0 Å². The van der Waals surface area contributed by atoms with Crippen LogP contribution in [0.5, 0.6) is 0 Å². The Bertz CT molecular complexity index is 1300. The summed E-state index contributed by atoms with van der Waals surface area (Å²) in [6.45, 7) is 10.9. The van der Waals surface area contributed by atoms with E-state index in [1.54, 1.807) is 24.3 Å². The van der Waals surface area contributed by atoms with Gasteiger partial charge in [0.1, 0.15) is 5.69 Å². The van der Waals surface area contributed by atoms with E-state index in [-0.39, 0.29) is 16.5 Å². The highest BCUT2D eigenvalue weighted by Crippen LogP contribution is 2.31. The Hall–Kier alpha value is -3.01. The van der Waals surface area contributed by atoms with Gasteiger partial charge in [-0.15, -0.1) is 0 Å². The highest BCUT2D eigenvalue weighted by atomic mass is 32.2. The highest BCUT2D eigenvalue weighted by Gasteiger charge is 2.25. The topological polar surface area (TPSA) is 85.9 Å². The average Bonchev–Trinajstić information content (AvgIpc) is 2.89. The maximum absolute atomic E-state index is 13.2. The normalized spacial score (nSPS) is 15.0. The van der Waals surface area contributed by atoms with Gasteiger partial charge in [0.25, 0.3) is 5.91 Å². The standard InChI is InChI=1S/C26H33N5O3S/c1-4-29-15-17-30(18-16-29)25-14-12-21(35(33,34)31(5-2)6-3)19-24(25)28-26(32)23-13-11-20-9-7-8-10-22(20)27-23/h7-14,19H,4-6,15-18H2,1-3H3,(H,28,32). The van der Waals surface area contributed by atoms with E-state index in [2.05, 4.69) is 27.0 Å². The number of amides is 1. The largest absolute Gasteiger partial charge is 0.367 e. The van der Waals surface area contributed by atoms with Gasteiger partial charge >= 0.3 is 0 Å². The van der Waals surface area contributed by atoms with E-state index in [1.807, 2.05) is 44.2 Å². The molecular weight excluding hydrogens is 462 g/mol. The number of carbonyl (C=O) groups excluding carboxylic acids is 1. The Morgan fingerprint density at radius 2 is 1.69 bits per heavy atom. The molecule has 2 heterocycles. The van der Waals surface area contributed by atoms with Crippen LogP contribution in [0.25, 0.3) is 10.9 Å². The monoisotopic (exact) mass is 495 g/mol. The average molecular weight is 496 g/mol. The first kappa shape index (κ1) is 25.1. The fourth-order valence-corrected chi connectivity index (χ4v) is 5.93. The van der Waals surface area contributed by atoms with Crippen LogP contribution >= 0.6 is 0 Å². The van der Waals surface area contributed by atoms with Crippen LogP contribution in [-0.2, 0) is 10.0 Å². The Morgan fingerprint density at radius 3 is 2.37 bits per heavy atom. The molecular formula is C26H33N5O3S. The van der Waals surface area contributed by atoms with Gasteiger partial charge in [-0.25, -0.2) is 13.4 Å². The molecule has 0 aliphatic carbocycles. The molecule has 186 valence electrons. The van der Waals surface area contributed by atoms with Crippen molar-refractivity contribution in [2.45, 2.75) is 25.7 Å². The van der Waals surface area contributed by atoms with Crippen molar-refractivity contribution in [3.8, 4) is 0 Å². The number of anilines is 2. The van der Waals surface area contributed by atoms with Gasteiger partial charge in [0, 0.05) is 44.7 Å². The molecule has 9 heteroatoms. The summed E-state index contributed by atoms with van der Waals surface area (Å²) in [5, 5.41) is 3.91. The molecule has 1 N–H and O–H groups in total. The van der Waals surface area contributed by atoms with Crippen molar-refractivity contribution in [2.75, 3.05) is 56.0 Å². The molecule has 1 fully saturated rings. The van der Waals surface area contributed by atoms with Crippen LogP contribution < -0.4 is 10.2 Å². The van der Waals surface area contributed by atoms with Gasteiger partial charge in [0.15, 0.2) is 0 Å². The SMILES string of the molecule is CCN1CCN(c2ccc(S(=O)(=O)N(CC)CC)cc2NC(=O)c2ccc3ccccc3n2)CC1. The number of para-hydroxylation sites is 1. The third-order valence-electron chi connectivity index (χ3n) is 6.55. The van der Waals surface area contributed by atoms with Crippen molar-refractivity contribution >= 4 is 38.2 Å². The Morgan fingerprint density at radius 1 is 0.971 bits per heavy atom. The number of hydrogen-bond acceptors (Lipinski definition) is 6. The van der Waals surface area contributed by atoms with Gasteiger partial charge in [0.05, 0.1) is 21.8 Å². The predicted molar refractivity (Wildman–Crippen MR) is 141 cm³/mol. The van der Waals surface area contributed by atoms with Crippen molar-refractivity contribution in [1.82, 2.24) is 14.2 Å². The summed E-state index contributed by atoms with van der Waals surface area (Å²) in [7, 11) is -3.67. The van der Waals surface area contributed by atoms with E-state index in [1.165, 1.54) is 4.31 Å². The maximum atomic E-state index is 13.2. The minimum Gasteiger partial charge on any atom is -0.367 e. The minimum atomic E-state index is -3.67. The van der Waals surface area contributed by atoms with Gasteiger partial charge in [0.2, 0.25) is 10.0 Å². The molecule has 1 saturated heterocycles. The molecule has 0 bridgehead atoms. The lowest BCUT2D eigenvalue weighted by molar-refractivity contribution is 0.102. The highest BCUT2D eigenvalue weighted by molar-refractivity contribution is 7.89. The summed E-state index contributed by atoms with van der Waals surface area (Å²) in [6.07, 6.45) is 0. The summed E-state index contributed by atoms with van der Waals surface area (Å²) in [5.74, 6) is -0.374. The zero-order valence-corrected chi connectivity index (χ0v) is 21.4. The Balaban J connectivity index is 1.70. The number of fused-ring (bicyclic) bond motifs is 1. The molecule has 8 nitrogen and oxygen atoms in total. The predicted octanol–water partition coefficient (Wildman–Crippen LogP) is 3.66. The lowest BCUT2D eigenvalue weighted by atomic mass is 10.2. The van der Waals surface area contributed by atoms with Gasteiger partial charge in [-0.2, -0.15) is 4.31 Å². The molecule has 0 atom stereocenters. The second kappa shape index (κ2) is 10.7. The van der Waals surface area contributed by atoms with E-state index in [9.17, 15) is 13.2 Å². The van der Waals surface area contributed by atoms with Gasteiger partial charge < -0.3 is 15.1 Å². The zero-order chi connectivity index (χ0) is 25.0. The first-order chi connectivity index (χ1) is 16.9. The van der Waals surface area contributed by atoms with Crippen LogP contribution in [0.15, 0.2) is 59.5 Å². The number of aromatic nitrogens is 1. The van der Waals surface area contributed by atoms with Crippen LogP contribution in [0, 0.1) is 0 Å². The molecule has 0 spiro atoms. The number of hydrogen-bond donors (Lipinski definition) is 1. The lowest BCUT2D eigenvalue weighted by Crippen LogP contribution is -2.46. The van der Waals surface area contributed by atoms with E-state index in [0.29, 0.717) is 18.8 Å². The number of sulfonamides is 1. The van der Waals surface area contributed by atoms with Gasteiger partial charge in [-0.05, 0) is 36.9 Å². The van der Waals surface area contributed by atoms with Crippen molar-refractivity contribution in [3.05, 3.63) is 60.3 Å². The first-order valence-corrected chi connectivity index (χ1v) is 13.6. The van der Waals surface area contributed by atoms with Crippen molar-refractivity contribution < 1.29 is 13.2 Å². The smallest absolute Gasteiger partial charge is 0.274 e. The maximum Gasteiger partial charge on any atom is 0.274 e. The summed E-state index contributed by atoms with van der Waals surface area (Å²) in [6, 6.07) is 16.2. The number of likely N-dealkylation sites (N-methyl/N-ethyl adjacent to an activating group) is 1. The molecule has 2 aromatic carbocycles. The third-order valence-corrected chi connectivity index (χ3v) is 8.60. The minimum absolute atomic E-state index is 0.166. The summed E-state index contributed by atoms with van der Waals surface area (Å²) in [4.78, 5) is 22.5. The molecule has 4 rings (SSSR count).